The second-order valence-corrected chi connectivity index (χ2v) is 6.97. The molecule has 4 nitrogen and oxygen atoms in total. The van der Waals surface area contributed by atoms with Crippen molar-refractivity contribution in [2.75, 3.05) is 19.3 Å². The van der Waals surface area contributed by atoms with E-state index in [1.165, 1.54) is 5.56 Å². The van der Waals surface area contributed by atoms with E-state index in [-0.39, 0.29) is 0 Å². The fourth-order valence-electron chi connectivity index (χ4n) is 2.77. The third-order valence-electron chi connectivity index (χ3n) is 3.94. The molecule has 6 heteroatoms. The number of aryl methyl sites for hydroxylation is 1. The maximum atomic E-state index is 4.49. The van der Waals surface area contributed by atoms with Crippen LogP contribution in [0.5, 0.6) is 0 Å². The molecule has 0 unspecified atom stereocenters. The molecule has 0 aliphatic carbocycles. The van der Waals surface area contributed by atoms with Crippen LogP contribution in [-0.4, -0.2) is 34.1 Å². The van der Waals surface area contributed by atoms with Crippen LogP contribution in [0.4, 0.5) is 0 Å². The highest BCUT2D eigenvalue weighted by molar-refractivity contribution is 9.10. The molecule has 112 valence electrons. The lowest BCUT2D eigenvalue weighted by Gasteiger charge is -2.23. The van der Waals surface area contributed by atoms with E-state index in [1.807, 2.05) is 0 Å². The predicted molar refractivity (Wildman–Crippen MR) is 90.4 cm³/mol. The average molecular weight is 367 g/mol. The summed E-state index contributed by atoms with van der Waals surface area (Å²) in [6.45, 7) is 4.23. The Hall–Kier alpha value is -0.850. The zero-order valence-electron chi connectivity index (χ0n) is 12.3. The second-order valence-electron chi connectivity index (χ2n) is 5.34. The summed E-state index contributed by atoms with van der Waals surface area (Å²) in [6, 6.07) is 6.42. The quantitative estimate of drug-likeness (QED) is 0.843. The maximum absolute atomic E-state index is 4.49. The Bertz CT molecular complexity index is 635. The van der Waals surface area contributed by atoms with Crippen molar-refractivity contribution in [1.82, 2.24) is 20.1 Å². The van der Waals surface area contributed by atoms with Crippen molar-refractivity contribution < 1.29 is 0 Å². The van der Waals surface area contributed by atoms with Crippen LogP contribution in [0.1, 0.15) is 30.1 Å². The molecule has 1 aliphatic heterocycles. The number of rotatable bonds is 3. The molecule has 2 aromatic rings. The van der Waals surface area contributed by atoms with Crippen molar-refractivity contribution in [3.63, 3.8) is 0 Å². The fraction of sp³-hybridized carbons (Fsp3) is 0.467. The number of halogens is 1. The van der Waals surface area contributed by atoms with Crippen LogP contribution < -0.4 is 5.32 Å². The molecule has 0 radical (unpaired) electrons. The summed E-state index contributed by atoms with van der Waals surface area (Å²) in [6.07, 6.45) is 4.31. The molecule has 0 saturated carbocycles. The van der Waals surface area contributed by atoms with Gasteiger partial charge in [-0.25, -0.2) is 0 Å². The third-order valence-corrected chi connectivity index (χ3v) is 5.46. The van der Waals surface area contributed by atoms with Crippen LogP contribution in [0, 0.1) is 6.92 Å². The Kier molecular flexibility index (Phi) is 4.66. The average Bonchev–Trinajstić information content (AvgIpc) is 2.95. The molecule has 0 spiro atoms. The molecular weight excluding hydrogens is 348 g/mol. The van der Waals surface area contributed by atoms with Crippen molar-refractivity contribution in [1.29, 1.82) is 0 Å². The predicted octanol–water partition coefficient (Wildman–Crippen LogP) is 3.53. The van der Waals surface area contributed by atoms with E-state index in [4.69, 9.17) is 0 Å². The van der Waals surface area contributed by atoms with Crippen LogP contribution in [0.3, 0.4) is 0 Å². The van der Waals surface area contributed by atoms with Gasteiger partial charge in [0.2, 0.25) is 0 Å². The Morgan fingerprint density at radius 3 is 2.71 bits per heavy atom. The molecule has 1 fully saturated rings. The Labute approximate surface area is 137 Å². The molecule has 0 amide bonds. The summed E-state index contributed by atoms with van der Waals surface area (Å²) in [4.78, 5) is 0. The number of hydrogen-bond donors (Lipinski definition) is 1. The van der Waals surface area contributed by atoms with Crippen LogP contribution in [0.2, 0.25) is 0 Å². The number of thioether (sulfide) groups is 1. The van der Waals surface area contributed by atoms with Gasteiger partial charge in [0.15, 0.2) is 5.16 Å². The lowest BCUT2D eigenvalue weighted by molar-refractivity contribution is 0.439. The van der Waals surface area contributed by atoms with Gasteiger partial charge in [0.1, 0.15) is 5.82 Å². The molecule has 21 heavy (non-hydrogen) atoms. The highest BCUT2D eigenvalue weighted by Gasteiger charge is 2.23. The topological polar surface area (TPSA) is 42.7 Å². The van der Waals surface area contributed by atoms with Crippen LogP contribution >= 0.6 is 27.7 Å². The largest absolute Gasteiger partial charge is 0.317 e. The number of aromatic nitrogens is 3. The second kappa shape index (κ2) is 6.50. The van der Waals surface area contributed by atoms with Gasteiger partial charge < -0.3 is 5.32 Å². The maximum Gasteiger partial charge on any atom is 0.195 e. The van der Waals surface area contributed by atoms with Crippen molar-refractivity contribution >= 4 is 27.7 Å². The molecule has 1 N–H and O–H groups in total. The minimum atomic E-state index is 0.489. The minimum absolute atomic E-state index is 0.489. The molecule has 0 bridgehead atoms. The number of piperidine rings is 1. The minimum Gasteiger partial charge on any atom is -0.317 e. The van der Waals surface area contributed by atoms with Crippen molar-refractivity contribution in [2.24, 2.45) is 0 Å². The summed E-state index contributed by atoms with van der Waals surface area (Å²) >= 11 is 5.22. The summed E-state index contributed by atoms with van der Waals surface area (Å²) in [7, 11) is 0. The van der Waals surface area contributed by atoms with Crippen molar-refractivity contribution in [2.45, 2.75) is 30.8 Å². The first-order chi connectivity index (χ1) is 10.2. The van der Waals surface area contributed by atoms with Gasteiger partial charge >= 0.3 is 0 Å². The van der Waals surface area contributed by atoms with E-state index < -0.39 is 0 Å². The molecular formula is C15H19BrN4S. The molecule has 1 saturated heterocycles. The monoisotopic (exact) mass is 366 g/mol. The van der Waals surface area contributed by atoms with Crippen molar-refractivity contribution in [3.05, 3.63) is 34.1 Å². The van der Waals surface area contributed by atoms with Gasteiger partial charge in [-0.3, -0.25) is 4.57 Å². The zero-order valence-corrected chi connectivity index (χ0v) is 14.7. The van der Waals surface area contributed by atoms with Gasteiger partial charge in [-0.05, 0) is 62.9 Å². The lowest BCUT2D eigenvalue weighted by Crippen LogP contribution is -2.28. The van der Waals surface area contributed by atoms with Gasteiger partial charge in [0, 0.05) is 16.1 Å². The summed E-state index contributed by atoms with van der Waals surface area (Å²) in [5, 5.41) is 13.2. The molecule has 1 aromatic heterocycles. The van der Waals surface area contributed by atoms with Gasteiger partial charge in [0.05, 0.1) is 0 Å². The Balaban J connectivity index is 2.06. The lowest BCUT2D eigenvalue weighted by atomic mass is 9.97. The Morgan fingerprint density at radius 1 is 1.29 bits per heavy atom. The molecule has 0 atom stereocenters. The number of nitrogens with one attached hydrogen (secondary N) is 1. The fourth-order valence-corrected chi connectivity index (χ4v) is 3.52. The highest BCUT2D eigenvalue weighted by Crippen LogP contribution is 2.30. The first kappa shape index (κ1) is 15.1. The normalized spacial score (nSPS) is 16.3. The van der Waals surface area contributed by atoms with Gasteiger partial charge in [0.25, 0.3) is 0 Å². The SMILES string of the molecule is CSc1nnc(C2CCNCC2)n1-c1ccc(Br)c(C)c1. The first-order valence-corrected chi connectivity index (χ1v) is 9.19. The van der Waals surface area contributed by atoms with Gasteiger partial charge in [-0.1, -0.05) is 27.7 Å². The third kappa shape index (κ3) is 3.03. The highest BCUT2D eigenvalue weighted by atomic mass is 79.9. The van der Waals surface area contributed by atoms with Gasteiger partial charge in [-0.15, -0.1) is 10.2 Å². The molecule has 2 heterocycles. The summed E-state index contributed by atoms with van der Waals surface area (Å²) < 4.78 is 3.36. The summed E-state index contributed by atoms with van der Waals surface area (Å²) in [5.74, 6) is 1.59. The molecule has 3 rings (SSSR count). The number of hydrogen-bond acceptors (Lipinski definition) is 4. The van der Waals surface area contributed by atoms with Crippen molar-refractivity contribution in [3.8, 4) is 5.69 Å². The number of nitrogens with zero attached hydrogens (tertiary/aromatic N) is 3. The first-order valence-electron chi connectivity index (χ1n) is 7.17. The smallest absolute Gasteiger partial charge is 0.195 e. The Morgan fingerprint density at radius 2 is 2.05 bits per heavy atom. The molecule has 1 aliphatic rings. The van der Waals surface area contributed by atoms with E-state index in [9.17, 15) is 0 Å². The van der Waals surface area contributed by atoms with E-state index in [1.54, 1.807) is 11.8 Å². The van der Waals surface area contributed by atoms with Crippen LogP contribution in [-0.2, 0) is 0 Å². The van der Waals surface area contributed by atoms with E-state index >= 15 is 0 Å². The van der Waals surface area contributed by atoms with Gasteiger partial charge in [-0.2, -0.15) is 0 Å². The zero-order chi connectivity index (χ0) is 14.8. The standard InChI is InChI=1S/C15H19BrN4S/c1-10-9-12(3-4-13(10)16)20-14(18-19-15(20)21-2)11-5-7-17-8-6-11/h3-4,9,11,17H,5-8H2,1-2H3. The molecule has 1 aromatic carbocycles. The number of benzene rings is 1. The summed E-state index contributed by atoms with van der Waals surface area (Å²) in [5.41, 5.74) is 2.38. The van der Waals surface area contributed by atoms with Crippen LogP contribution in [0.25, 0.3) is 5.69 Å². The van der Waals surface area contributed by atoms with Crippen LogP contribution in [0.15, 0.2) is 27.8 Å². The van der Waals surface area contributed by atoms with E-state index in [0.29, 0.717) is 5.92 Å². The van der Waals surface area contributed by atoms with E-state index in [2.05, 4.69) is 67.4 Å². The van der Waals surface area contributed by atoms with E-state index in [0.717, 1.165) is 47.1 Å².